The first kappa shape index (κ1) is 24.2. The van der Waals surface area contributed by atoms with Crippen molar-refractivity contribution >= 4 is 51.6 Å². The number of benzene rings is 2. The van der Waals surface area contributed by atoms with Gasteiger partial charge in [-0.1, -0.05) is 0 Å². The van der Waals surface area contributed by atoms with Gasteiger partial charge >= 0.3 is 0 Å². The summed E-state index contributed by atoms with van der Waals surface area (Å²) in [5.41, 5.74) is 1.84. The van der Waals surface area contributed by atoms with Crippen LogP contribution in [0, 0.1) is 0 Å². The molecule has 7 nitrogen and oxygen atoms in total. The van der Waals surface area contributed by atoms with Crippen LogP contribution in [-0.2, 0) is 6.54 Å². The molecule has 0 saturated heterocycles. The lowest BCUT2D eigenvalue weighted by Crippen LogP contribution is -2.30. The minimum atomic E-state index is 0. The lowest BCUT2D eigenvalue weighted by molar-refractivity contribution is 0.352. The number of guanidine groups is 1. The number of hydrogen-bond acceptors (Lipinski definition) is 5. The van der Waals surface area contributed by atoms with Crippen molar-refractivity contribution in [2.24, 2.45) is 4.99 Å². The molecule has 0 aliphatic carbocycles. The normalized spacial score (nSPS) is 10.6. The third-order valence-corrected chi connectivity index (χ3v) is 4.41. The Morgan fingerprint density at radius 2 is 1.61 bits per heavy atom. The molecule has 0 amide bonds. The summed E-state index contributed by atoms with van der Waals surface area (Å²) in [5, 5.41) is 6.49. The van der Waals surface area contributed by atoms with Crippen molar-refractivity contribution in [2.45, 2.75) is 6.54 Å². The van der Waals surface area contributed by atoms with E-state index >= 15 is 0 Å². The summed E-state index contributed by atoms with van der Waals surface area (Å²) < 4.78 is 22.1. The molecule has 0 aliphatic rings. The van der Waals surface area contributed by atoms with Crippen molar-refractivity contribution in [2.75, 3.05) is 40.8 Å². The summed E-state index contributed by atoms with van der Waals surface area (Å²) in [6.07, 6.45) is 0. The number of rotatable bonds is 7. The maximum atomic E-state index is 5.38. The molecule has 0 bridgehead atoms. The zero-order valence-corrected chi connectivity index (χ0v) is 20.4. The van der Waals surface area contributed by atoms with Gasteiger partial charge in [0.25, 0.3) is 0 Å². The van der Waals surface area contributed by atoms with E-state index < -0.39 is 0 Å². The van der Waals surface area contributed by atoms with Gasteiger partial charge in [-0.25, -0.2) is 0 Å². The van der Waals surface area contributed by atoms with Gasteiger partial charge < -0.3 is 29.6 Å². The van der Waals surface area contributed by atoms with Gasteiger partial charge in [-0.15, -0.1) is 24.0 Å². The van der Waals surface area contributed by atoms with E-state index in [1.807, 2.05) is 30.3 Å². The van der Waals surface area contributed by atoms with Crippen molar-refractivity contribution < 1.29 is 18.9 Å². The summed E-state index contributed by atoms with van der Waals surface area (Å²) in [4.78, 5) is 4.25. The molecule has 2 rings (SSSR count). The van der Waals surface area contributed by atoms with Gasteiger partial charge in [0.2, 0.25) is 0 Å². The van der Waals surface area contributed by atoms with Crippen LogP contribution < -0.4 is 29.6 Å². The van der Waals surface area contributed by atoms with E-state index in [-0.39, 0.29) is 24.0 Å². The second-order valence-electron chi connectivity index (χ2n) is 5.43. The van der Waals surface area contributed by atoms with E-state index in [4.69, 9.17) is 18.9 Å². The maximum absolute atomic E-state index is 5.38. The first-order valence-corrected chi connectivity index (χ1v) is 8.95. The quantitative estimate of drug-likeness (QED) is 0.296. The Bertz CT molecular complexity index is 818. The Labute approximate surface area is 191 Å². The van der Waals surface area contributed by atoms with Crippen LogP contribution in [0.2, 0.25) is 0 Å². The highest BCUT2D eigenvalue weighted by atomic mass is 127. The zero-order chi connectivity index (χ0) is 19.8. The number of nitrogens with zero attached hydrogens (tertiary/aromatic N) is 1. The van der Waals surface area contributed by atoms with Gasteiger partial charge in [-0.05, 0) is 45.8 Å². The minimum Gasteiger partial charge on any atom is -0.493 e. The fourth-order valence-electron chi connectivity index (χ4n) is 2.49. The second-order valence-corrected chi connectivity index (χ2v) is 6.29. The first-order valence-electron chi connectivity index (χ1n) is 8.16. The fourth-order valence-corrected chi connectivity index (χ4v) is 3.14. The summed E-state index contributed by atoms with van der Waals surface area (Å²) in [5.74, 6) is 3.25. The van der Waals surface area contributed by atoms with Gasteiger partial charge in [-0.3, -0.25) is 4.99 Å². The Morgan fingerprint density at radius 1 is 0.929 bits per heavy atom. The predicted molar refractivity (Wildman–Crippen MR) is 126 cm³/mol. The lowest BCUT2D eigenvalue weighted by Gasteiger charge is -2.15. The Morgan fingerprint density at radius 3 is 2.18 bits per heavy atom. The van der Waals surface area contributed by atoms with Crippen LogP contribution in [0.15, 0.2) is 39.8 Å². The van der Waals surface area contributed by atoms with Crippen molar-refractivity contribution in [3.63, 3.8) is 0 Å². The Balaban J connectivity index is 0.00000392. The highest BCUT2D eigenvalue weighted by Crippen LogP contribution is 2.36. The SMILES string of the molecule is CN=C(NCc1cc(Br)c(OC)c(OC)c1)Nc1ccc(OC)c(OC)c1.I. The topological polar surface area (TPSA) is 73.3 Å². The molecule has 0 aromatic heterocycles. The monoisotopic (exact) mass is 565 g/mol. The number of anilines is 1. The standard InChI is InChI=1S/C19H24BrN3O4.HI/c1-21-19(23-13-6-7-15(24-2)16(10-13)25-3)22-11-12-8-14(20)18(27-5)17(9-12)26-4;/h6-10H,11H2,1-5H3,(H2,21,22,23);1H. The van der Waals surface area contributed by atoms with Crippen LogP contribution in [0.3, 0.4) is 0 Å². The van der Waals surface area contributed by atoms with Gasteiger partial charge in [0.15, 0.2) is 29.0 Å². The summed E-state index contributed by atoms with van der Waals surface area (Å²) >= 11 is 3.50. The maximum Gasteiger partial charge on any atom is 0.195 e. The van der Waals surface area contributed by atoms with Crippen LogP contribution in [0.1, 0.15) is 5.56 Å². The van der Waals surface area contributed by atoms with E-state index in [1.165, 1.54) is 0 Å². The minimum absolute atomic E-state index is 0. The molecule has 0 fully saturated rings. The molecule has 0 atom stereocenters. The van der Waals surface area contributed by atoms with Crippen molar-refractivity contribution in [3.05, 3.63) is 40.4 Å². The molecule has 2 N–H and O–H groups in total. The van der Waals surface area contributed by atoms with E-state index in [2.05, 4.69) is 31.6 Å². The van der Waals surface area contributed by atoms with Gasteiger partial charge in [0.1, 0.15) is 0 Å². The van der Waals surface area contributed by atoms with Crippen LogP contribution >= 0.6 is 39.9 Å². The molecule has 154 valence electrons. The summed E-state index contributed by atoms with van der Waals surface area (Å²) in [7, 11) is 8.13. The lowest BCUT2D eigenvalue weighted by atomic mass is 10.2. The van der Waals surface area contributed by atoms with Gasteiger partial charge in [0.05, 0.1) is 32.9 Å². The molecular formula is C19H25BrIN3O4. The van der Waals surface area contributed by atoms with Gasteiger partial charge in [0, 0.05) is 25.3 Å². The number of nitrogens with one attached hydrogen (secondary N) is 2. The number of ether oxygens (including phenoxy) is 4. The van der Waals surface area contributed by atoms with E-state index in [0.717, 1.165) is 15.7 Å². The van der Waals surface area contributed by atoms with Gasteiger partial charge in [-0.2, -0.15) is 0 Å². The Hall–Kier alpha value is -1.88. The largest absolute Gasteiger partial charge is 0.493 e. The number of methoxy groups -OCH3 is 4. The zero-order valence-electron chi connectivity index (χ0n) is 16.5. The van der Waals surface area contributed by atoms with E-state index in [0.29, 0.717) is 35.5 Å². The summed E-state index contributed by atoms with van der Waals surface area (Å²) in [6, 6.07) is 9.46. The van der Waals surface area contributed by atoms with Crippen LogP contribution in [0.25, 0.3) is 0 Å². The smallest absolute Gasteiger partial charge is 0.195 e. The average Bonchev–Trinajstić information content (AvgIpc) is 2.70. The Kier molecular flexibility index (Phi) is 10.2. The second kappa shape index (κ2) is 11.8. The van der Waals surface area contributed by atoms with Crippen molar-refractivity contribution in [1.82, 2.24) is 5.32 Å². The molecule has 0 radical (unpaired) electrons. The number of halogens is 2. The van der Waals surface area contributed by atoms with E-state index in [1.54, 1.807) is 35.5 Å². The molecule has 28 heavy (non-hydrogen) atoms. The molecule has 9 heteroatoms. The fraction of sp³-hybridized carbons (Fsp3) is 0.316. The summed E-state index contributed by atoms with van der Waals surface area (Å²) in [6.45, 7) is 0.548. The number of aliphatic imine (C=N–C) groups is 1. The molecule has 2 aromatic rings. The van der Waals surface area contributed by atoms with E-state index in [9.17, 15) is 0 Å². The highest BCUT2D eigenvalue weighted by Gasteiger charge is 2.11. The molecule has 0 heterocycles. The van der Waals surface area contributed by atoms with Crippen LogP contribution in [0.5, 0.6) is 23.0 Å². The molecule has 0 aliphatic heterocycles. The predicted octanol–water partition coefficient (Wildman–Crippen LogP) is 4.29. The average molecular weight is 566 g/mol. The third kappa shape index (κ3) is 6.06. The van der Waals surface area contributed by atoms with Crippen molar-refractivity contribution in [3.8, 4) is 23.0 Å². The molecular weight excluding hydrogens is 541 g/mol. The third-order valence-electron chi connectivity index (χ3n) is 3.82. The molecule has 0 saturated carbocycles. The van der Waals surface area contributed by atoms with Crippen molar-refractivity contribution in [1.29, 1.82) is 0 Å². The molecule has 0 unspecified atom stereocenters. The highest BCUT2D eigenvalue weighted by molar-refractivity contribution is 14.0. The van der Waals surface area contributed by atoms with Crippen LogP contribution in [-0.4, -0.2) is 41.4 Å². The number of hydrogen-bond donors (Lipinski definition) is 2. The molecule has 0 spiro atoms. The first-order chi connectivity index (χ1) is 13.1. The molecule has 2 aromatic carbocycles. The van der Waals surface area contributed by atoms with Crippen LogP contribution in [0.4, 0.5) is 5.69 Å².